The van der Waals surface area contributed by atoms with Gasteiger partial charge < -0.3 is 11.1 Å². The fourth-order valence-electron chi connectivity index (χ4n) is 1.62. The van der Waals surface area contributed by atoms with E-state index in [2.05, 4.69) is 12.2 Å². The summed E-state index contributed by atoms with van der Waals surface area (Å²) < 4.78 is 0. The second-order valence-electron chi connectivity index (χ2n) is 3.00. The van der Waals surface area contributed by atoms with E-state index < -0.39 is 0 Å². The maximum atomic E-state index is 7.34. The third-order valence-corrected chi connectivity index (χ3v) is 2.24. The van der Waals surface area contributed by atoms with Crippen molar-refractivity contribution in [2.24, 2.45) is 11.7 Å². The Labute approximate surface area is 67.2 Å². The van der Waals surface area contributed by atoms with Gasteiger partial charge in [-0.25, -0.2) is 0 Å². The molecule has 0 amide bonds. The van der Waals surface area contributed by atoms with E-state index in [1.165, 1.54) is 0 Å². The Bertz CT molecular complexity index is 205. The molecule has 62 valence electrons. The highest BCUT2D eigenvalue weighted by atomic mass is 14.9. The third-order valence-electron chi connectivity index (χ3n) is 2.24. The van der Waals surface area contributed by atoms with E-state index >= 15 is 0 Å². The van der Waals surface area contributed by atoms with Crippen LogP contribution in [0.3, 0.4) is 0 Å². The lowest BCUT2D eigenvalue weighted by atomic mass is 10.0. The van der Waals surface area contributed by atoms with Crippen LogP contribution in [0.4, 0.5) is 0 Å². The Balaban J connectivity index is 2.90. The van der Waals surface area contributed by atoms with Gasteiger partial charge in [0.15, 0.2) is 0 Å². The van der Waals surface area contributed by atoms with Crippen LogP contribution in [-0.2, 0) is 0 Å². The number of hydrogen-bond donors (Lipinski definition) is 3. The summed E-state index contributed by atoms with van der Waals surface area (Å²) >= 11 is 0. The van der Waals surface area contributed by atoms with Crippen LogP contribution in [0.2, 0.25) is 0 Å². The van der Waals surface area contributed by atoms with E-state index in [9.17, 15) is 0 Å². The van der Waals surface area contributed by atoms with Gasteiger partial charge in [0.2, 0.25) is 0 Å². The molecule has 3 heteroatoms. The zero-order valence-corrected chi connectivity index (χ0v) is 7.07. The molecule has 0 aliphatic heterocycles. The first-order valence-corrected chi connectivity index (χ1v) is 3.92. The van der Waals surface area contributed by atoms with Crippen molar-refractivity contribution in [3.05, 3.63) is 11.3 Å². The average Bonchev–Trinajstić information content (AvgIpc) is 2.30. The molecule has 0 saturated carbocycles. The van der Waals surface area contributed by atoms with Gasteiger partial charge in [-0.3, -0.25) is 5.41 Å². The summed E-state index contributed by atoms with van der Waals surface area (Å²) in [5.74, 6) is 0.675. The van der Waals surface area contributed by atoms with Crippen LogP contribution >= 0.6 is 0 Å². The van der Waals surface area contributed by atoms with Gasteiger partial charge >= 0.3 is 0 Å². The Hall–Kier alpha value is -0.990. The fraction of sp³-hybridized carbons (Fsp3) is 0.625. The molecular formula is C8H15N3. The maximum Gasteiger partial charge on any atom is 0.120 e. The topological polar surface area (TPSA) is 61.9 Å². The van der Waals surface area contributed by atoms with Gasteiger partial charge in [-0.1, -0.05) is 6.92 Å². The Kier molecular flexibility index (Phi) is 2.17. The van der Waals surface area contributed by atoms with E-state index in [0.29, 0.717) is 5.92 Å². The highest BCUT2D eigenvalue weighted by molar-refractivity contribution is 5.96. The number of nitrogens with one attached hydrogen (secondary N) is 2. The van der Waals surface area contributed by atoms with Crippen LogP contribution in [0.5, 0.6) is 0 Å². The zero-order chi connectivity index (χ0) is 8.43. The summed E-state index contributed by atoms with van der Waals surface area (Å²) in [6.07, 6.45) is 2.15. The smallest absolute Gasteiger partial charge is 0.120 e. The molecule has 0 radical (unpaired) electrons. The first kappa shape index (κ1) is 8.11. The molecule has 1 atom stereocenters. The summed E-state index contributed by atoms with van der Waals surface area (Å²) in [6, 6.07) is 0. The molecule has 1 unspecified atom stereocenters. The number of hydrogen-bond acceptors (Lipinski definition) is 2. The molecule has 0 heterocycles. The molecule has 1 aliphatic rings. The quantitative estimate of drug-likeness (QED) is 0.406. The first-order chi connectivity index (χ1) is 5.16. The van der Waals surface area contributed by atoms with E-state index in [-0.39, 0.29) is 5.84 Å². The van der Waals surface area contributed by atoms with Crippen molar-refractivity contribution in [2.75, 3.05) is 7.05 Å². The molecule has 0 spiro atoms. The number of rotatable bonds is 2. The van der Waals surface area contributed by atoms with Gasteiger partial charge in [-0.2, -0.15) is 0 Å². The molecule has 0 bridgehead atoms. The largest absolute Gasteiger partial charge is 0.391 e. The average molecular weight is 153 g/mol. The Morgan fingerprint density at radius 2 is 2.36 bits per heavy atom. The predicted octanol–water partition coefficient (Wildman–Crippen LogP) is 0.826. The van der Waals surface area contributed by atoms with Crippen LogP contribution < -0.4 is 11.1 Å². The van der Waals surface area contributed by atoms with Gasteiger partial charge in [0.1, 0.15) is 5.84 Å². The van der Waals surface area contributed by atoms with Crippen molar-refractivity contribution >= 4 is 5.84 Å². The highest BCUT2D eigenvalue weighted by Crippen LogP contribution is 2.29. The van der Waals surface area contributed by atoms with Crippen LogP contribution in [-0.4, -0.2) is 12.9 Å². The second-order valence-corrected chi connectivity index (χ2v) is 3.00. The van der Waals surface area contributed by atoms with Gasteiger partial charge in [-0.15, -0.1) is 0 Å². The SMILES string of the molecule is CNC1=C(C(=N)N)C(C)CC1. The maximum absolute atomic E-state index is 7.34. The lowest BCUT2D eigenvalue weighted by molar-refractivity contribution is 0.680. The molecule has 1 aliphatic carbocycles. The minimum atomic E-state index is 0.222. The second kappa shape index (κ2) is 2.95. The van der Waals surface area contributed by atoms with Crippen LogP contribution in [0, 0.1) is 11.3 Å². The van der Waals surface area contributed by atoms with E-state index in [0.717, 1.165) is 24.1 Å². The van der Waals surface area contributed by atoms with Crippen molar-refractivity contribution in [3.8, 4) is 0 Å². The van der Waals surface area contributed by atoms with E-state index in [1.54, 1.807) is 0 Å². The van der Waals surface area contributed by atoms with Gasteiger partial charge in [0, 0.05) is 18.3 Å². The van der Waals surface area contributed by atoms with Crippen molar-refractivity contribution in [2.45, 2.75) is 19.8 Å². The number of amidine groups is 1. The molecule has 11 heavy (non-hydrogen) atoms. The summed E-state index contributed by atoms with van der Waals surface area (Å²) in [4.78, 5) is 0. The van der Waals surface area contributed by atoms with Gasteiger partial charge in [-0.05, 0) is 18.8 Å². The molecule has 1 rings (SSSR count). The summed E-state index contributed by atoms with van der Waals surface area (Å²) in [5.41, 5.74) is 7.59. The molecular weight excluding hydrogens is 138 g/mol. The number of allylic oxidation sites excluding steroid dienone is 1. The molecule has 4 N–H and O–H groups in total. The summed E-state index contributed by atoms with van der Waals surface area (Å²) in [7, 11) is 1.89. The summed E-state index contributed by atoms with van der Waals surface area (Å²) in [6.45, 7) is 2.11. The monoisotopic (exact) mass is 153 g/mol. The fourth-order valence-corrected chi connectivity index (χ4v) is 1.62. The minimum absolute atomic E-state index is 0.222. The summed E-state index contributed by atoms with van der Waals surface area (Å²) in [5, 5.41) is 10.4. The number of nitrogens with two attached hydrogens (primary N) is 1. The molecule has 0 fully saturated rings. The lowest BCUT2D eigenvalue weighted by Crippen LogP contribution is -2.19. The van der Waals surface area contributed by atoms with Crippen LogP contribution in [0.25, 0.3) is 0 Å². The van der Waals surface area contributed by atoms with Crippen LogP contribution in [0.1, 0.15) is 19.8 Å². The van der Waals surface area contributed by atoms with E-state index in [4.69, 9.17) is 11.1 Å². The van der Waals surface area contributed by atoms with Crippen molar-refractivity contribution in [1.29, 1.82) is 5.41 Å². The standard InChI is InChI=1S/C8H15N3/c1-5-3-4-6(11-2)7(5)8(9)10/h5,11H,3-4H2,1-2H3,(H3,9,10). The molecule has 0 aromatic carbocycles. The van der Waals surface area contributed by atoms with Crippen LogP contribution in [0.15, 0.2) is 11.3 Å². The Morgan fingerprint density at radius 1 is 1.73 bits per heavy atom. The minimum Gasteiger partial charge on any atom is -0.391 e. The molecule has 0 aromatic rings. The van der Waals surface area contributed by atoms with Crippen molar-refractivity contribution in [1.82, 2.24) is 5.32 Å². The van der Waals surface area contributed by atoms with Gasteiger partial charge in [0.05, 0.1) is 0 Å². The van der Waals surface area contributed by atoms with Crippen molar-refractivity contribution in [3.63, 3.8) is 0 Å². The normalized spacial score (nSPS) is 24.0. The highest BCUT2D eigenvalue weighted by Gasteiger charge is 2.22. The molecule has 0 saturated heterocycles. The van der Waals surface area contributed by atoms with Crippen molar-refractivity contribution < 1.29 is 0 Å². The van der Waals surface area contributed by atoms with Gasteiger partial charge in [0.25, 0.3) is 0 Å². The first-order valence-electron chi connectivity index (χ1n) is 3.92. The molecule has 0 aromatic heterocycles. The lowest BCUT2D eigenvalue weighted by Gasteiger charge is -2.08. The Morgan fingerprint density at radius 3 is 2.73 bits per heavy atom. The molecule has 3 nitrogen and oxygen atoms in total. The van der Waals surface area contributed by atoms with E-state index in [1.807, 2.05) is 7.05 Å². The third kappa shape index (κ3) is 1.37. The predicted molar refractivity (Wildman–Crippen MR) is 46.4 cm³/mol. The zero-order valence-electron chi connectivity index (χ0n) is 7.07.